The first kappa shape index (κ1) is 20.0. The van der Waals surface area contributed by atoms with Crippen molar-refractivity contribution in [3.05, 3.63) is 65.2 Å². The van der Waals surface area contributed by atoms with Crippen molar-refractivity contribution in [3.63, 3.8) is 0 Å². The lowest BCUT2D eigenvalue weighted by Crippen LogP contribution is -2.35. The van der Waals surface area contributed by atoms with Gasteiger partial charge in [-0.3, -0.25) is 9.59 Å². The number of hydrogen-bond acceptors (Lipinski definition) is 3. The van der Waals surface area contributed by atoms with Gasteiger partial charge in [-0.15, -0.1) is 0 Å². The molecule has 0 heterocycles. The van der Waals surface area contributed by atoms with Gasteiger partial charge >= 0.3 is 6.03 Å². The lowest BCUT2D eigenvalue weighted by atomic mass is 10.1. The number of benzene rings is 2. The van der Waals surface area contributed by atoms with Crippen LogP contribution in [0.15, 0.2) is 48.5 Å². The summed E-state index contributed by atoms with van der Waals surface area (Å²) in [5.41, 5.74) is 2.11. The van der Waals surface area contributed by atoms with Crippen LogP contribution in [0, 0.1) is 0 Å². The van der Waals surface area contributed by atoms with Crippen molar-refractivity contribution in [1.29, 1.82) is 0 Å². The topological polar surface area (TPSA) is 99.3 Å². The number of urea groups is 1. The fourth-order valence-electron chi connectivity index (χ4n) is 2.46. The first-order valence-corrected chi connectivity index (χ1v) is 8.66. The summed E-state index contributed by atoms with van der Waals surface area (Å²) < 4.78 is 0. The van der Waals surface area contributed by atoms with Crippen LogP contribution in [0.25, 0.3) is 0 Å². The maximum atomic E-state index is 12.6. The van der Waals surface area contributed by atoms with Crippen LogP contribution in [-0.4, -0.2) is 30.9 Å². The van der Waals surface area contributed by atoms with Gasteiger partial charge in [0, 0.05) is 25.2 Å². The van der Waals surface area contributed by atoms with Crippen molar-refractivity contribution in [2.75, 3.05) is 12.4 Å². The van der Waals surface area contributed by atoms with Crippen LogP contribution in [0.1, 0.15) is 40.1 Å². The average molecular weight is 368 g/mol. The van der Waals surface area contributed by atoms with E-state index in [9.17, 15) is 14.4 Å². The summed E-state index contributed by atoms with van der Waals surface area (Å²) in [5, 5.41) is 10.8. The van der Waals surface area contributed by atoms with Gasteiger partial charge in [-0.1, -0.05) is 24.3 Å². The Hall–Kier alpha value is -3.35. The Balaban J connectivity index is 2.06. The van der Waals surface area contributed by atoms with Crippen LogP contribution in [0.4, 0.5) is 10.5 Å². The summed E-state index contributed by atoms with van der Waals surface area (Å²) in [6.07, 6.45) is 0. The summed E-state index contributed by atoms with van der Waals surface area (Å²) in [6.45, 7) is 3.96. The normalized spacial score (nSPS) is 10.2. The average Bonchev–Trinajstić information content (AvgIpc) is 2.65. The van der Waals surface area contributed by atoms with E-state index in [4.69, 9.17) is 0 Å². The zero-order valence-corrected chi connectivity index (χ0v) is 15.6. The molecule has 0 fully saturated rings. The van der Waals surface area contributed by atoms with Gasteiger partial charge in [0.15, 0.2) is 0 Å². The Morgan fingerprint density at radius 1 is 0.963 bits per heavy atom. The minimum Gasteiger partial charge on any atom is -0.355 e. The molecule has 142 valence electrons. The third-order valence-corrected chi connectivity index (χ3v) is 3.71. The number of para-hydroxylation sites is 1. The molecular formula is C20H24N4O3. The van der Waals surface area contributed by atoms with E-state index in [1.54, 1.807) is 49.5 Å². The third-order valence-electron chi connectivity index (χ3n) is 3.71. The van der Waals surface area contributed by atoms with Gasteiger partial charge in [-0.25, -0.2) is 4.79 Å². The van der Waals surface area contributed by atoms with E-state index in [2.05, 4.69) is 21.3 Å². The molecule has 27 heavy (non-hydrogen) atoms. The zero-order chi connectivity index (χ0) is 19.8. The molecule has 0 radical (unpaired) electrons. The van der Waals surface area contributed by atoms with E-state index >= 15 is 0 Å². The number of carbonyl (C=O) groups is 3. The molecular weight excluding hydrogens is 344 g/mol. The summed E-state index contributed by atoms with van der Waals surface area (Å²) >= 11 is 0. The van der Waals surface area contributed by atoms with Crippen LogP contribution < -0.4 is 21.3 Å². The SMILES string of the molecule is CNC(=O)c1cccc(CNC(=O)c2ccccc2NC(=O)NC(C)C)c1. The summed E-state index contributed by atoms with van der Waals surface area (Å²) in [7, 11) is 1.57. The lowest BCUT2D eigenvalue weighted by molar-refractivity contribution is 0.0949. The van der Waals surface area contributed by atoms with Gasteiger partial charge in [0.1, 0.15) is 0 Å². The molecule has 0 saturated heterocycles. The lowest BCUT2D eigenvalue weighted by Gasteiger charge is -2.13. The van der Waals surface area contributed by atoms with Gasteiger partial charge in [0.05, 0.1) is 11.3 Å². The molecule has 4 N–H and O–H groups in total. The third kappa shape index (κ3) is 5.85. The second-order valence-electron chi connectivity index (χ2n) is 6.26. The van der Waals surface area contributed by atoms with E-state index in [1.807, 2.05) is 19.9 Å². The number of anilines is 1. The highest BCUT2D eigenvalue weighted by Gasteiger charge is 2.13. The standard InChI is InChI=1S/C20H24N4O3/c1-13(2)23-20(27)24-17-10-5-4-9-16(17)19(26)22-12-14-7-6-8-15(11-14)18(25)21-3/h4-11,13H,12H2,1-3H3,(H,21,25)(H,22,26)(H2,23,24,27). The Labute approximate surface area is 158 Å². The predicted molar refractivity (Wildman–Crippen MR) is 105 cm³/mol. The molecule has 0 aliphatic rings. The van der Waals surface area contributed by atoms with Crippen molar-refractivity contribution in [2.45, 2.75) is 26.4 Å². The van der Waals surface area contributed by atoms with Crippen molar-refractivity contribution in [2.24, 2.45) is 0 Å². The highest BCUT2D eigenvalue weighted by Crippen LogP contribution is 2.15. The number of nitrogens with one attached hydrogen (secondary N) is 4. The number of rotatable bonds is 6. The van der Waals surface area contributed by atoms with E-state index in [0.29, 0.717) is 16.8 Å². The van der Waals surface area contributed by atoms with Crippen LogP contribution >= 0.6 is 0 Å². The number of carbonyl (C=O) groups excluding carboxylic acids is 3. The molecule has 0 spiro atoms. The molecule has 0 aliphatic heterocycles. The van der Waals surface area contributed by atoms with Crippen molar-refractivity contribution >= 4 is 23.5 Å². The molecule has 2 rings (SSSR count). The van der Waals surface area contributed by atoms with Crippen molar-refractivity contribution < 1.29 is 14.4 Å². The molecule has 4 amide bonds. The molecule has 2 aromatic rings. The van der Waals surface area contributed by atoms with Crippen LogP contribution in [0.3, 0.4) is 0 Å². The predicted octanol–water partition coefficient (Wildman–Crippen LogP) is 2.51. The van der Waals surface area contributed by atoms with Crippen LogP contribution in [0.5, 0.6) is 0 Å². The highest BCUT2D eigenvalue weighted by molar-refractivity contribution is 6.03. The number of hydrogen-bond donors (Lipinski definition) is 4. The fraction of sp³-hybridized carbons (Fsp3) is 0.250. The second kappa shape index (κ2) is 9.38. The van der Waals surface area contributed by atoms with Gasteiger partial charge < -0.3 is 21.3 Å². The van der Waals surface area contributed by atoms with Gasteiger partial charge in [-0.05, 0) is 43.7 Å². The molecule has 0 saturated carbocycles. The summed E-state index contributed by atoms with van der Waals surface area (Å²) in [6, 6.07) is 13.4. The van der Waals surface area contributed by atoms with Gasteiger partial charge in [0.2, 0.25) is 0 Å². The van der Waals surface area contributed by atoms with Gasteiger partial charge in [-0.2, -0.15) is 0 Å². The minimum atomic E-state index is -0.372. The van der Waals surface area contributed by atoms with E-state index in [1.165, 1.54) is 0 Å². The molecule has 0 aliphatic carbocycles. The van der Waals surface area contributed by atoms with E-state index < -0.39 is 0 Å². The van der Waals surface area contributed by atoms with Crippen LogP contribution in [-0.2, 0) is 6.54 Å². The Morgan fingerprint density at radius 3 is 2.41 bits per heavy atom. The smallest absolute Gasteiger partial charge is 0.319 e. The highest BCUT2D eigenvalue weighted by atomic mass is 16.2. The molecule has 0 bridgehead atoms. The van der Waals surface area contributed by atoms with Crippen molar-refractivity contribution in [3.8, 4) is 0 Å². The molecule has 0 unspecified atom stereocenters. The first-order valence-electron chi connectivity index (χ1n) is 8.66. The Morgan fingerprint density at radius 2 is 1.70 bits per heavy atom. The quantitative estimate of drug-likeness (QED) is 0.630. The van der Waals surface area contributed by atoms with Crippen LogP contribution in [0.2, 0.25) is 0 Å². The zero-order valence-electron chi connectivity index (χ0n) is 15.6. The van der Waals surface area contributed by atoms with Gasteiger partial charge in [0.25, 0.3) is 11.8 Å². The van der Waals surface area contributed by atoms with E-state index in [-0.39, 0.29) is 30.4 Å². The summed E-state index contributed by atoms with van der Waals surface area (Å²) in [4.78, 5) is 36.2. The minimum absolute atomic E-state index is 0.0152. The fourth-order valence-corrected chi connectivity index (χ4v) is 2.46. The Kier molecular flexibility index (Phi) is 6.93. The maximum Gasteiger partial charge on any atom is 0.319 e. The first-order chi connectivity index (χ1) is 12.9. The second-order valence-corrected chi connectivity index (χ2v) is 6.26. The largest absolute Gasteiger partial charge is 0.355 e. The molecule has 2 aromatic carbocycles. The maximum absolute atomic E-state index is 12.6. The molecule has 7 nitrogen and oxygen atoms in total. The van der Waals surface area contributed by atoms with E-state index in [0.717, 1.165) is 5.56 Å². The molecule has 7 heteroatoms. The molecule has 0 aromatic heterocycles. The monoisotopic (exact) mass is 368 g/mol. The molecule has 0 atom stereocenters. The Bertz CT molecular complexity index is 833. The number of amides is 4. The van der Waals surface area contributed by atoms with Crippen molar-refractivity contribution in [1.82, 2.24) is 16.0 Å². The summed E-state index contributed by atoms with van der Waals surface area (Å²) in [5.74, 6) is -0.505.